The highest BCUT2D eigenvalue weighted by Gasteiger charge is 2.31. The van der Waals surface area contributed by atoms with Crippen LogP contribution in [0.5, 0.6) is 0 Å². The minimum atomic E-state index is -4.38. The van der Waals surface area contributed by atoms with E-state index in [1.54, 1.807) is 11.3 Å². The van der Waals surface area contributed by atoms with Crippen LogP contribution < -0.4 is 10.2 Å². The first-order valence-electron chi connectivity index (χ1n) is 8.43. The predicted molar refractivity (Wildman–Crippen MR) is 95.4 cm³/mol. The van der Waals surface area contributed by atoms with Gasteiger partial charge in [0.2, 0.25) is 5.91 Å². The molecule has 1 unspecified atom stereocenters. The fourth-order valence-corrected chi connectivity index (χ4v) is 3.92. The topological polar surface area (TPSA) is 45.2 Å². The number of hydrogen-bond donors (Lipinski definition) is 1. The lowest BCUT2D eigenvalue weighted by Gasteiger charge is -2.18. The molecule has 8 heteroatoms. The molecule has 4 nitrogen and oxygen atoms in total. The van der Waals surface area contributed by atoms with Crippen molar-refractivity contribution in [3.8, 4) is 0 Å². The van der Waals surface area contributed by atoms with Crippen LogP contribution in [0.4, 0.5) is 19.0 Å². The van der Waals surface area contributed by atoms with E-state index in [0.717, 1.165) is 25.1 Å². The highest BCUT2D eigenvalue weighted by atomic mass is 32.1. The second-order valence-corrected chi connectivity index (χ2v) is 7.43. The highest BCUT2D eigenvalue weighted by Crippen LogP contribution is 2.30. The van der Waals surface area contributed by atoms with E-state index >= 15 is 0 Å². The van der Waals surface area contributed by atoms with Gasteiger partial charge in [0.15, 0.2) is 0 Å². The fraction of sp³-hybridized carbons (Fsp3) is 0.444. The van der Waals surface area contributed by atoms with Gasteiger partial charge in [-0.1, -0.05) is 0 Å². The summed E-state index contributed by atoms with van der Waals surface area (Å²) >= 11 is 1.66. The lowest BCUT2D eigenvalue weighted by molar-refractivity contribution is -0.137. The van der Waals surface area contributed by atoms with E-state index in [1.165, 1.54) is 16.5 Å². The number of nitrogens with zero attached hydrogens (tertiary/aromatic N) is 2. The van der Waals surface area contributed by atoms with Gasteiger partial charge >= 0.3 is 6.18 Å². The number of aromatic nitrogens is 1. The van der Waals surface area contributed by atoms with Gasteiger partial charge in [-0.25, -0.2) is 4.98 Å². The molecular weight excluding hydrogens is 363 g/mol. The summed E-state index contributed by atoms with van der Waals surface area (Å²) in [5, 5.41) is 5.03. The van der Waals surface area contributed by atoms with Gasteiger partial charge in [0.25, 0.3) is 0 Å². The van der Waals surface area contributed by atoms with Crippen LogP contribution in [0, 0.1) is 6.92 Å². The molecule has 3 rings (SSSR count). The van der Waals surface area contributed by atoms with Crippen molar-refractivity contribution in [2.24, 2.45) is 0 Å². The summed E-state index contributed by atoms with van der Waals surface area (Å²) in [6.45, 7) is 3.26. The molecule has 1 aliphatic rings. The number of hydrogen-bond acceptors (Lipinski definition) is 4. The zero-order valence-electron chi connectivity index (χ0n) is 14.3. The molecule has 0 aliphatic carbocycles. The molecule has 0 radical (unpaired) electrons. The quantitative estimate of drug-likeness (QED) is 0.854. The van der Waals surface area contributed by atoms with E-state index in [-0.39, 0.29) is 11.9 Å². The summed E-state index contributed by atoms with van der Waals surface area (Å²) in [6, 6.07) is 4.46. The normalized spacial score (nSPS) is 17.5. The van der Waals surface area contributed by atoms with Gasteiger partial charge in [-0.05, 0) is 48.9 Å². The molecule has 1 N–H and O–H groups in total. The summed E-state index contributed by atoms with van der Waals surface area (Å²) < 4.78 is 37.8. The third kappa shape index (κ3) is 4.55. The molecule has 3 heterocycles. The zero-order valence-corrected chi connectivity index (χ0v) is 15.2. The average Bonchev–Trinajstić information content (AvgIpc) is 3.21. The van der Waals surface area contributed by atoms with Gasteiger partial charge in [0.1, 0.15) is 5.82 Å². The number of carbonyl (C=O) groups excluding carboxylic acids is 1. The molecule has 0 bridgehead atoms. The Labute approximate surface area is 154 Å². The highest BCUT2D eigenvalue weighted by molar-refractivity contribution is 7.10. The van der Waals surface area contributed by atoms with Crippen molar-refractivity contribution in [2.45, 2.75) is 38.4 Å². The third-order valence-electron chi connectivity index (χ3n) is 4.50. The maximum Gasteiger partial charge on any atom is 0.417 e. The van der Waals surface area contributed by atoms with E-state index in [0.29, 0.717) is 25.3 Å². The van der Waals surface area contributed by atoms with Crippen LogP contribution in [0.3, 0.4) is 0 Å². The Morgan fingerprint density at radius 3 is 2.81 bits per heavy atom. The van der Waals surface area contributed by atoms with Crippen LogP contribution in [0.1, 0.15) is 28.8 Å². The van der Waals surface area contributed by atoms with Gasteiger partial charge in [-0.2, -0.15) is 13.2 Å². The molecule has 0 spiro atoms. The number of amides is 1. The molecule has 1 amide bonds. The van der Waals surface area contributed by atoms with E-state index in [1.807, 2.05) is 23.3 Å². The molecule has 2 aromatic heterocycles. The molecular formula is C18H20F3N3OS. The molecule has 1 atom stereocenters. The summed E-state index contributed by atoms with van der Waals surface area (Å²) in [4.78, 5) is 19.2. The van der Waals surface area contributed by atoms with E-state index in [2.05, 4.69) is 10.3 Å². The van der Waals surface area contributed by atoms with Crippen molar-refractivity contribution in [1.29, 1.82) is 0 Å². The minimum absolute atomic E-state index is 0.00368. The standard InChI is InChI=1S/C18H20F3N3OS/c1-12-7-9-26-15(12)3-5-17(25)23-14-6-8-24(11-14)16-4-2-13(10-22-16)18(19,20)21/h2,4,7,9-10,14H,3,5-6,8,11H2,1H3,(H,23,25). The fourth-order valence-electron chi connectivity index (χ4n) is 3.01. The minimum Gasteiger partial charge on any atom is -0.354 e. The van der Waals surface area contributed by atoms with Crippen LogP contribution in [-0.4, -0.2) is 30.0 Å². The van der Waals surface area contributed by atoms with Gasteiger partial charge in [0.05, 0.1) is 5.56 Å². The van der Waals surface area contributed by atoms with Crippen molar-refractivity contribution in [2.75, 3.05) is 18.0 Å². The molecule has 1 saturated heterocycles. The van der Waals surface area contributed by atoms with Gasteiger partial charge in [-0.3, -0.25) is 4.79 Å². The number of aryl methyl sites for hydroxylation is 2. The number of nitrogens with one attached hydrogen (secondary N) is 1. The van der Waals surface area contributed by atoms with Crippen LogP contribution in [0.25, 0.3) is 0 Å². The van der Waals surface area contributed by atoms with Crippen LogP contribution in [0.2, 0.25) is 0 Å². The lowest BCUT2D eigenvalue weighted by Crippen LogP contribution is -2.37. The number of alkyl halides is 3. The summed E-state index contributed by atoms with van der Waals surface area (Å²) in [5.74, 6) is 0.508. The first-order chi connectivity index (χ1) is 12.3. The van der Waals surface area contributed by atoms with E-state index in [4.69, 9.17) is 0 Å². The SMILES string of the molecule is Cc1ccsc1CCC(=O)NC1CCN(c2ccc(C(F)(F)F)cn2)C1. The molecule has 2 aromatic rings. The Hall–Kier alpha value is -2.09. The summed E-state index contributed by atoms with van der Waals surface area (Å²) in [7, 11) is 0. The van der Waals surface area contributed by atoms with Gasteiger partial charge in [0, 0.05) is 36.6 Å². The number of rotatable bonds is 5. The Morgan fingerprint density at radius 1 is 1.38 bits per heavy atom. The number of halogens is 3. The van der Waals surface area contributed by atoms with Crippen molar-refractivity contribution < 1.29 is 18.0 Å². The summed E-state index contributed by atoms with van der Waals surface area (Å²) in [5.41, 5.74) is 0.456. The average molecular weight is 383 g/mol. The van der Waals surface area contributed by atoms with Gasteiger partial charge < -0.3 is 10.2 Å². The Bertz CT molecular complexity index is 758. The zero-order chi connectivity index (χ0) is 18.7. The number of pyridine rings is 1. The molecule has 1 aliphatic heterocycles. The number of carbonyl (C=O) groups is 1. The molecule has 1 fully saturated rings. The largest absolute Gasteiger partial charge is 0.417 e. The van der Waals surface area contributed by atoms with Crippen molar-refractivity contribution in [3.05, 3.63) is 45.8 Å². The van der Waals surface area contributed by atoms with Crippen molar-refractivity contribution >= 4 is 23.1 Å². The first kappa shape index (κ1) is 18.7. The predicted octanol–water partition coefficient (Wildman–Crippen LogP) is 3.80. The summed E-state index contributed by atoms with van der Waals surface area (Å²) in [6.07, 6.45) is -1.60. The third-order valence-corrected chi connectivity index (χ3v) is 5.58. The van der Waals surface area contributed by atoms with Crippen LogP contribution in [0.15, 0.2) is 29.8 Å². The monoisotopic (exact) mass is 383 g/mol. The van der Waals surface area contributed by atoms with E-state index < -0.39 is 11.7 Å². The molecule has 140 valence electrons. The van der Waals surface area contributed by atoms with Gasteiger partial charge in [-0.15, -0.1) is 11.3 Å². The van der Waals surface area contributed by atoms with Crippen molar-refractivity contribution in [3.63, 3.8) is 0 Å². The second kappa shape index (κ2) is 7.65. The van der Waals surface area contributed by atoms with Crippen LogP contribution >= 0.6 is 11.3 Å². The maximum absolute atomic E-state index is 12.6. The Kier molecular flexibility index (Phi) is 5.50. The second-order valence-electron chi connectivity index (χ2n) is 6.43. The first-order valence-corrected chi connectivity index (χ1v) is 9.31. The van der Waals surface area contributed by atoms with Crippen molar-refractivity contribution in [1.82, 2.24) is 10.3 Å². The van der Waals surface area contributed by atoms with E-state index in [9.17, 15) is 18.0 Å². The number of thiophene rings is 1. The smallest absolute Gasteiger partial charge is 0.354 e. The maximum atomic E-state index is 12.6. The number of anilines is 1. The molecule has 0 saturated carbocycles. The molecule has 26 heavy (non-hydrogen) atoms. The van der Waals surface area contributed by atoms with Crippen LogP contribution in [-0.2, 0) is 17.4 Å². The Balaban J connectivity index is 1.49. The molecule has 0 aromatic carbocycles. The lowest BCUT2D eigenvalue weighted by atomic mass is 10.2. The Morgan fingerprint density at radius 2 is 2.19 bits per heavy atom.